The standard InChI is InChI=1S/C22H24N6O4S/c1-3-9-27-21(19-8-14-32-16(19)2)23-24-22(27)33-15-20(29)26-12-10-25(11-13-26)17-4-6-18(7-5-17)28(30)31/h3-8,14H,1,9-13,15H2,2H3. The van der Waals surface area contributed by atoms with Gasteiger partial charge in [0.25, 0.3) is 5.69 Å². The van der Waals surface area contributed by atoms with Crippen LogP contribution < -0.4 is 4.90 Å². The summed E-state index contributed by atoms with van der Waals surface area (Å²) in [6.45, 7) is 8.74. The first-order valence-corrected chi connectivity index (χ1v) is 11.4. The van der Waals surface area contributed by atoms with Gasteiger partial charge in [-0.25, -0.2) is 0 Å². The summed E-state index contributed by atoms with van der Waals surface area (Å²) in [5.41, 5.74) is 1.85. The van der Waals surface area contributed by atoms with Crippen LogP contribution in [0, 0.1) is 17.0 Å². The number of furan rings is 1. The van der Waals surface area contributed by atoms with Crippen LogP contribution in [0.25, 0.3) is 11.4 Å². The van der Waals surface area contributed by atoms with E-state index in [1.54, 1.807) is 24.5 Å². The van der Waals surface area contributed by atoms with Gasteiger partial charge in [-0.2, -0.15) is 0 Å². The largest absolute Gasteiger partial charge is 0.469 e. The number of aryl methyl sites for hydroxylation is 1. The van der Waals surface area contributed by atoms with E-state index in [0.717, 1.165) is 17.0 Å². The molecule has 0 aliphatic carbocycles. The number of nitro groups is 1. The van der Waals surface area contributed by atoms with Gasteiger partial charge >= 0.3 is 0 Å². The second-order valence-electron chi connectivity index (χ2n) is 7.53. The van der Waals surface area contributed by atoms with Crippen LogP contribution in [-0.2, 0) is 11.3 Å². The molecule has 2 aromatic heterocycles. The van der Waals surface area contributed by atoms with Gasteiger partial charge in [-0.1, -0.05) is 17.8 Å². The van der Waals surface area contributed by atoms with Gasteiger partial charge in [-0.3, -0.25) is 19.5 Å². The van der Waals surface area contributed by atoms with Crippen LogP contribution in [0.5, 0.6) is 0 Å². The molecule has 0 unspecified atom stereocenters. The van der Waals surface area contributed by atoms with Crippen molar-refractivity contribution in [3.05, 3.63) is 65.1 Å². The fourth-order valence-electron chi connectivity index (χ4n) is 3.72. The summed E-state index contributed by atoms with van der Waals surface area (Å²) in [6, 6.07) is 8.35. The molecule has 3 heterocycles. The van der Waals surface area contributed by atoms with E-state index in [1.165, 1.54) is 23.9 Å². The first kappa shape index (κ1) is 22.6. The number of non-ortho nitro benzene ring substituents is 1. The maximum absolute atomic E-state index is 12.8. The molecule has 1 fully saturated rings. The summed E-state index contributed by atoms with van der Waals surface area (Å²) in [4.78, 5) is 27.2. The highest BCUT2D eigenvalue weighted by atomic mass is 32.2. The zero-order chi connectivity index (χ0) is 23.4. The summed E-state index contributed by atoms with van der Waals surface area (Å²) >= 11 is 1.36. The van der Waals surface area contributed by atoms with Crippen molar-refractivity contribution in [3.63, 3.8) is 0 Å². The summed E-state index contributed by atoms with van der Waals surface area (Å²) in [5, 5.41) is 20.1. The Kier molecular flexibility index (Phi) is 6.78. The Bertz CT molecular complexity index is 1150. The third kappa shape index (κ3) is 4.92. The molecule has 1 aliphatic heterocycles. The predicted molar refractivity (Wildman–Crippen MR) is 125 cm³/mol. The van der Waals surface area contributed by atoms with Gasteiger partial charge in [0.05, 0.1) is 22.5 Å². The van der Waals surface area contributed by atoms with Gasteiger partial charge in [0.15, 0.2) is 11.0 Å². The molecule has 0 saturated carbocycles. The highest BCUT2D eigenvalue weighted by Crippen LogP contribution is 2.27. The van der Waals surface area contributed by atoms with E-state index in [9.17, 15) is 14.9 Å². The molecule has 1 amide bonds. The molecule has 3 aromatic rings. The molecule has 0 bridgehead atoms. The molecule has 1 saturated heterocycles. The molecule has 0 radical (unpaired) electrons. The lowest BCUT2D eigenvalue weighted by atomic mass is 10.2. The molecule has 4 rings (SSSR count). The predicted octanol–water partition coefficient (Wildman–Crippen LogP) is 3.38. The number of carbonyl (C=O) groups is 1. The van der Waals surface area contributed by atoms with E-state index in [1.807, 2.05) is 22.5 Å². The van der Waals surface area contributed by atoms with Gasteiger partial charge in [0.2, 0.25) is 5.91 Å². The Balaban J connectivity index is 1.34. The average Bonchev–Trinajstić information content (AvgIpc) is 3.43. The van der Waals surface area contributed by atoms with E-state index in [4.69, 9.17) is 4.42 Å². The number of anilines is 1. The number of nitrogens with zero attached hydrogens (tertiary/aromatic N) is 6. The van der Waals surface area contributed by atoms with Crippen LogP contribution in [0.15, 0.2) is 58.8 Å². The number of hydrogen-bond donors (Lipinski definition) is 0. The third-order valence-corrected chi connectivity index (χ3v) is 6.46. The highest BCUT2D eigenvalue weighted by molar-refractivity contribution is 7.99. The molecule has 0 atom stereocenters. The molecule has 0 spiro atoms. The zero-order valence-electron chi connectivity index (χ0n) is 18.2. The maximum atomic E-state index is 12.8. The lowest BCUT2D eigenvalue weighted by Crippen LogP contribution is -2.49. The molecule has 33 heavy (non-hydrogen) atoms. The number of piperazine rings is 1. The van der Waals surface area contributed by atoms with Crippen LogP contribution in [0.1, 0.15) is 5.76 Å². The summed E-state index contributed by atoms with van der Waals surface area (Å²) in [7, 11) is 0. The van der Waals surface area contributed by atoms with Crippen LogP contribution in [-0.4, -0.2) is 62.4 Å². The number of benzene rings is 1. The van der Waals surface area contributed by atoms with Crippen molar-refractivity contribution in [2.75, 3.05) is 36.8 Å². The van der Waals surface area contributed by atoms with Crippen molar-refractivity contribution < 1.29 is 14.1 Å². The van der Waals surface area contributed by atoms with E-state index in [2.05, 4.69) is 21.7 Å². The minimum atomic E-state index is -0.410. The minimum Gasteiger partial charge on any atom is -0.469 e. The Morgan fingerprint density at radius 2 is 1.94 bits per heavy atom. The van der Waals surface area contributed by atoms with E-state index < -0.39 is 4.92 Å². The zero-order valence-corrected chi connectivity index (χ0v) is 19.0. The van der Waals surface area contributed by atoms with Gasteiger partial charge in [0, 0.05) is 50.5 Å². The fraction of sp³-hybridized carbons (Fsp3) is 0.318. The van der Waals surface area contributed by atoms with Crippen LogP contribution in [0.3, 0.4) is 0 Å². The molecular formula is C22H24N6O4S. The SMILES string of the molecule is C=CCn1c(SCC(=O)N2CCN(c3ccc([N+](=O)[O-])cc3)CC2)nnc1-c1ccoc1C. The van der Waals surface area contributed by atoms with E-state index >= 15 is 0 Å². The number of allylic oxidation sites excluding steroid dienone is 1. The molecule has 1 aromatic carbocycles. The Morgan fingerprint density at radius 3 is 2.55 bits per heavy atom. The Morgan fingerprint density at radius 1 is 1.21 bits per heavy atom. The Labute approximate surface area is 195 Å². The number of hydrogen-bond acceptors (Lipinski definition) is 8. The van der Waals surface area contributed by atoms with Gasteiger partial charge in [-0.15, -0.1) is 16.8 Å². The number of nitro benzene ring substituents is 1. The van der Waals surface area contributed by atoms with Crippen molar-refractivity contribution in [3.8, 4) is 11.4 Å². The Hall–Kier alpha value is -3.60. The normalized spacial score (nSPS) is 13.8. The lowest BCUT2D eigenvalue weighted by molar-refractivity contribution is -0.384. The van der Waals surface area contributed by atoms with Crippen molar-refractivity contribution in [1.29, 1.82) is 0 Å². The van der Waals surface area contributed by atoms with E-state index in [-0.39, 0.29) is 17.3 Å². The first-order chi connectivity index (χ1) is 16.0. The molecule has 1 aliphatic rings. The monoisotopic (exact) mass is 468 g/mol. The molecule has 172 valence electrons. The van der Waals surface area contributed by atoms with Crippen molar-refractivity contribution in [1.82, 2.24) is 19.7 Å². The summed E-state index contributed by atoms with van der Waals surface area (Å²) in [6.07, 6.45) is 3.38. The van der Waals surface area contributed by atoms with Crippen molar-refractivity contribution >= 4 is 29.0 Å². The lowest BCUT2D eigenvalue weighted by Gasteiger charge is -2.36. The molecular weight excluding hydrogens is 444 g/mol. The molecule has 11 heteroatoms. The number of amides is 1. The summed E-state index contributed by atoms with van der Waals surface area (Å²) in [5.74, 6) is 1.74. The second-order valence-corrected chi connectivity index (χ2v) is 8.47. The molecule has 0 N–H and O–H groups in total. The van der Waals surface area contributed by atoms with Crippen LogP contribution >= 0.6 is 11.8 Å². The fourth-order valence-corrected chi connectivity index (χ4v) is 4.57. The van der Waals surface area contributed by atoms with E-state index in [0.29, 0.717) is 43.7 Å². The van der Waals surface area contributed by atoms with Crippen LogP contribution in [0.4, 0.5) is 11.4 Å². The maximum Gasteiger partial charge on any atom is 0.269 e. The second kappa shape index (κ2) is 9.90. The van der Waals surface area contributed by atoms with Gasteiger partial charge < -0.3 is 14.2 Å². The number of rotatable bonds is 8. The average molecular weight is 469 g/mol. The third-order valence-electron chi connectivity index (χ3n) is 5.51. The number of aromatic nitrogens is 3. The van der Waals surface area contributed by atoms with Crippen LogP contribution in [0.2, 0.25) is 0 Å². The minimum absolute atomic E-state index is 0.0394. The van der Waals surface area contributed by atoms with Crippen molar-refractivity contribution in [2.45, 2.75) is 18.6 Å². The first-order valence-electron chi connectivity index (χ1n) is 10.5. The molecule has 10 nitrogen and oxygen atoms in total. The number of carbonyl (C=O) groups excluding carboxylic acids is 1. The van der Waals surface area contributed by atoms with Gasteiger partial charge in [-0.05, 0) is 25.1 Å². The summed E-state index contributed by atoms with van der Waals surface area (Å²) < 4.78 is 7.31. The topological polar surface area (TPSA) is 111 Å². The van der Waals surface area contributed by atoms with Crippen molar-refractivity contribution in [2.24, 2.45) is 0 Å². The smallest absolute Gasteiger partial charge is 0.269 e. The quantitative estimate of drug-likeness (QED) is 0.214. The van der Waals surface area contributed by atoms with Gasteiger partial charge in [0.1, 0.15) is 5.76 Å². The number of thioether (sulfide) groups is 1. The highest BCUT2D eigenvalue weighted by Gasteiger charge is 2.23.